The molecule has 0 bridgehead atoms. The van der Waals surface area contributed by atoms with Gasteiger partial charge in [-0.1, -0.05) is 34.6 Å². The Morgan fingerprint density at radius 3 is 2.37 bits per heavy atom. The molecule has 3 heterocycles. The molecule has 9 heteroatoms. The van der Waals surface area contributed by atoms with Crippen LogP contribution in [0.1, 0.15) is 119 Å². The second kappa shape index (κ2) is 12.3. The highest BCUT2D eigenvalue weighted by Gasteiger charge is 2.84. The van der Waals surface area contributed by atoms with Gasteiger partial charge in [0.2, 0.25) is 5.91 Å². The average molecular weight is 715 g/mol. The summed E-state index contributed by atoms with van der Waals surface area (Å²) in [6.45, 7) is 19.2. The normalized spacial score (nSPS) is 50.3. The lowest BCUT2D eigenvalue weighted by Gasteiger charge is -2.64. The summed E-state index contributed by atoms with van der Waals surface area (Å²) in [4.78, 5) is 17.7. The Kier molecular flexibility index (Phi) is 8.99. The number of nitrogens with zero attached hydrogens (tertiary/aromatic N) is 2. The molecular formula is C42H70N2O7. The minimum atomic E-state index is -1.26. The molecule has 6 unspecified atom stereocenters. The van der Waals surface area contributed by atoms with Crippen molar-refractivity contribution in [3.8, 4) is 0 Å². The Labute approximate surface area is 307 Å². The highest BCUT2D eigenvalue weighted by Crippen LogP contribution is 2.89. The maximum atomic E-state index is 13.4. The number of carbonyl (C=O) groups excluding carboxylic acids is 1. The number of hydrogen-bond acceptors (Lipinski definition) is 8. The highest BCUT2D eigenvalue weighted by molar-refractivity contribution is 5.76. The maximum Gasteiger partial charge on any atom is 0.223 e. The number of aliphatic hydroxyl groups is 3. The Morgan fingerprint density at radius 2 is 1.67 bits per heavy atom. The third-order valence-corrected chi connectivity index (χ3v) is 17.8. The molecule has 5 saturated carbocycles. The Hall–Kier alpha value is -0.810. The molecule has 8 rings (SSSR count). The Morgan fingerprint density at radius 1 is 0.980 bits per heavy atom. The van der Waals surface area contributed by atoms with Gasteiger partial charge in [0.15, 0.2) is 6.29 Å². The number of likely N-dealkylation sites (tertiary alicyclic amines) is 1. The van der Waals surface area contributed by atoms with E-state index in [9.17, 15) is 20.1 Å². The fraction of sp³-hybridized carbons (Fsp3) is 0.976. The molecular weight excluding hydrogens is 644 g/mol. The molecule has 51 heavy (non-hydrogen) atoms. The number of rotatable bonds is 6. The number of amides is 1. The van der Waals surface area contributed by atoms with Crippen molar-refractivity contribution in [2.24, 2.45) is 56.7 Å². The summed E-state index contributed by atoms with van der Waals surface area (Å²) in [7, 11) is 2.17. The quantitative estimate of drug-likeness (QED) is 0.343. The molecule has 0 aromatic heterocycles. The zero-order valence-electron chi connectivity index (χ0n) is 33.0. The van der Waals surface area contributed by atoms with Gasteiger partial charge in [-0.05, 0) is 149 Å². The van der Waals surface area contributed by atoms with Crippen LogP contribution in [0.3, 0.4) is 0 Å². The largest absolute Gasteiger partial charge is 0.390 e. The van der Waals surface area contributed by atoms with Gasteiger partial charge < -0.3 is 39.3 Å². The average Bonchev–Trinajstić information content (AvgIpc) is 3.71. The first-order valence-electron chi connectivity index (χ1n) is 20.9. The van der Waals surface area contributed by atoms with Crippen molar-refractivity contribution in [1.82, 2.24) is 9.80 Å². The van der Waals surface area contributed by atoms with E-state index >= 15 is 0 Å². The van der Waals surface area contributed by atoms with Crippen molar-refractivity contribution < 1.29 is 34.3 Å². The van der Waals surface area contributed by atoms with E-state index in [1.807, 2.05) is 4.90 Å². The predicted molar refractivity (Wildman–Crippen MR) is 194 cm³/mol. The topological polar surface area (TPSA) is 112 Å². The lowest BCUT2D eigenvalue weighted by atomic mass is 9.41. The van der Waals surface area contributed by atoms with Crippen LogP contribution in [-0.2, 0) is 19.0 Å². The first-order chi connectivity index (χ1) is 23.9. The van der Waals surface area contributed by atoms with E-state index in [-0.39, 0.29) is 57.4 Å². The predicted octanol–water partition coefficient (Wildman–Crippen LogP) is 5.23. The maximum absolute atomic E-state index is 13.4. The van der Waals surface area contributed by atoms with E-state index in [0.29, 0.717) is 56.2 Å². The van der Waals surface area contributed by atoms with Gasteiger partial charge in [0, 0.05) is 18.4 Å². The van der Waals surface area contributed by atoms with E-state index in [0.717, 1.165) is 58.0 Å². The molecule has 3 N–H and O–H groups in total. The monoisotopic (exact) mass is 715 g/mol. The zero-order valence-corrected chi connectivity index (χ0v) is 33.0. The summed E-state index contributed by atoms with van der Waals surface area (Å²) < 4.78 is 19.8. The smallest absolute Gasteiger partial charge is 0.223 e. The van der Waals surface area contributed by atoms with Crippen LogP contribution in [0, 0.1) is 56.7 Å². The van der Waals surface area contributed by atoms with Gasteiger partial charge >= 0.3 is 0 Å². The van der Waals surface area contributed by atoms with Crippen LogP contribution in [0.5, 0.6) is 0 Å². The summed E-state index contributed by atoms with van der Waals surface area (Å²) in [6.07, 6.45) is 8.94. The molecule has 8 fully saturated rings. The molecule has 0 radical (unpaired) electrons. The lowest BCUT2D eigenvalue weighted by Crippen LogP contribution is -2.60. The number of aliphatic hydroxyl groups excluding tert-OH is 2. The number of carbonyl (C=O) groups is 1. The van der Waals surface area contributed by atoms with Crippen molar-refractivity contribution in [3.05, 3.63) is 0 Å². The van der Waals surface area contributed by atoms with E-state index in [2.05, 4.69) is 46.6 Å². The summed E-state index contributed by atoms with van der Waals surface area (Å²) >= 11 is 0. The molecule has 5 aliphatic carbocycles. The second-order valence-corrected chi connectivity index (χ2v) is 20.9. The molecule has 3 saturated heterocycles. The summed E-state index contributed by atoms with van der Waals surface area (Å²) in [5.74, 6) is 2.27. The van der Waals surface area contributed by atoms with Crippen molar-refractivity contribution in [2.45, 2.75) is 162 Å². The van der Waals surface area contributed by atoms with Crippen LogP contribution in [0.25, 0.3) is 0 Å². The van der Waals surface area contributed by atoms with Crippen LogP contribution in [0.15, 0.2) is 0 Å². The summed E-state index contributed by atoms with van der Waals surface area (Å²) in [6, 6.07) is 0. The highest BCUT2D eigenvalue weighted by atomic mass is 16.7. The molecule has 1 amide bonds. The second-order valence-electron chi connectivity index (χ2n) is 20.9. The van der Waals surface area contributed by atoms with Crippen molar-refractivity contribution >= 4 is 5.91 Å². The number of hydrogen-bond donors (Lipinski definition) is 3. The first kappa shape index (κ1) is 37.1. The Balaban J connectivity index is 0.963. The van der Waals surface area contributed by atoms with Crippen molar-refractivity contribution in [3.63, 3.8) is 0 Å². The SMILES string of the molecule is C[C@@H]1CC([C@H](O)C(C)(C)O)OC2[C@H]1[C@@]1(C)CCC34CC35CC[C@H](OC3CN(C(=O)CC6CCN(C)CC6)CCO3)C(C)(C)[C@@H]5CCC4[C@]1(C)[C@H]2O. The van der Waals surface area contributed by atoms with Gasteiger partial charge in [0.05, 0.1) is 43.2 Å². The van der Waals surface area contributed by atoms with Crippen LogP contribution in [-0.4, -0.2) is 113 Å². The van der Waals surface area contributed by atoms with Crippen LogP contribution in [0.2, 0.25) is 0 Å². The van der Waals surface area contributed by atoms with Gasteiger partial charge in [-0.3, -0.25) is 4.79 Å². The van der Waals surface area contributed by atoms with Crippen molar-refractivity contribution in [2.75, 3.05) is 39.8 Å². The third-order valence-electron chi connectivity index (χ3n) is 17.8. The van der Waals surface area contributed by atoms with Gasteiger partial charge in [0.25, 0.3) is 0 Å². The van der Waals surface area contributed by atoms with E-state index in [4.69, 9.17) is 14.2 Å². The molecule has 8 aliphatic rings. The van der Waals surface area contributed by atoms with E-state index in [1.54, 1.807) is 13.8 Å². The minimum absolute atomic E-state index is 0.0154. The molecule has 2 spiro atoms. The number of piperidine rings is 1. The molecule has 0 aromatic rings. The van der Waals surface area contributed by atoms with Crippen LogP contribution < -0.4 is 0 Å². The fourth-order valence-electron chi connectivity index (χ4n) is 15.0. The molecule has 0 aromatic carbocycles. The van der Waals surface area contributed by atoms with Gasteiger partial charge in [-0.2, -0.15) is 0 Å². The van der Waals surface area contributed by atoms with E-state index in [1.165, 1.54) is 12.8 Å². The van der Waals surface area contributed by atoms with E-state index < -0.39 is 23.9 Å². The minimum Gasteiger partial charge on any atom is -0.390 e. The van der Waals surface area contributed by atoms with Crippen molar-refractivity contribution in [1.29, 1.82) is 0 Å². The van der Waals surface area contributed by atoms with Gasteiger partial charge in [0.1, 0.15) is 6.10 Å². The van der Waals surface area contributed by atoms with Crippen LogP contribution in [0.4, 0.5) is 0 Å². The summed E-state index contributed by atoms with van der Waals surface area (Å²) in [5.41, 5.74) is -1.06. The summed E-state index contributed by atoms with van der Waals surface area (Å²) in [5, 5.41) is 34.2. The van der Waals surface area contributed by atoms with Gasteiger partial charge in [-0.25, -0.2) is 0 Å². The lowest BCUT2D eigenvalue weighted by molar-refractivity contribution is -0.248. The third kappa shape index (κ3) is 5.34. The molecule has 290 valence electrons. The molecule has 14 atom stereocenters. The molecule has 9 nitrogen and oxygen atoms in total. The number of morpholine rings is 1. The number of ether oxygens (including phenoxy) is 3. The molecule has 3 aliphatic heterocycles. The number of fused-ring (bicyclic) bond motifs is 4. The van der Waals surface area contributed by atoms with Gasteiger partial charge in [-0.15, -0.1) is 0 Å². The fourth-order valence-corrected chi connectivity index (χ4v) is 15.0. The zero-order chi connectivity index (χ0) is 36.5. The standard InChI is InChI=1S/C42H70N2O7/c1-25-21-27(35(46)38(4,5)48)50-34-33(25)39(6)15-16-42-24-41(42)14-11-30(37(2,3)28(41)9-10-29(42)40(39,7)36(34)47)51-32-23-44(19-20-49-32)31(45)22-26-12-17-43(8)18-13-26/h25-30,32-36,46-48H,9-24H2,1-8H3/t25-,27?,28+,29?,30+,32?,33+,34?,35+,36+,39-,40-,41?,42?/m1/s1. The van der Waals surface area contributed by atoms with Crippen LogP contribution >= 0.6 is 0 Å². The first-order valence-corrected chi connectivity index (χ1v) is 20.9. The Bertz CT molecular complexity index is 1340.